The van der Waals surface area contributed by atoms with E-state index in [1.54, 1.807) is 17.4 Å². The Kier molecular flexibility index (Phi) is 8.53. The average molecular weight is 484 g/mol. The number of benzene rings is 1. The van der Waals surface area contributed by atoms with Gasteiger partial charge < -0.3 is 29.8 Å². The van der Waals surface area contributed by atoms with Gasteiger partial charge in [0, 0.05) is 13.2 Å². The van der Waals surface area contributed by atoms with Crippen molar-refractivity contribution in [2.45, 2.75) is 13.1 Å². The molecular formula is C22H29N9O2S. The summed E-state index contributed by atoms with van der Waals surface area (Å²) in [4.78, 5) is 13.9. The Bertz CT molecular complexity index is 1180. The minimum Gasteiger partial charge on any atom is -0.617 e. The Morgan fingerprint density at radius 3 is 2.85 bits per heavy atom. The molecule has 11 nitrogen and oxygen atoms in total. The van der Waals surface area contributed by atoms with Gasteiger partial charge in [-0.3, -0.25) is 10.7 Å². The molecule has 0 spiro atoms. The molecule has 180 valence electrons. The maximum atomic E-state index is 11.5. The monoisotopic (exact) mass is 483 g/mol. The van der Waals surface area contributed by atoms with Gasteiger partial charge in [0.25, 0.3) is 0 Å². The van der Waals surface area contributed by atoms with Crippen LogP contribution in [0.5, 0.6) is 5.75 Å². The topological polar surface area (TPSA) is 161 Å². The van der Waals surface area contributed by atoms with Gasteiger partial charge in [-0.25, -0.2) is 0 Å². The number of anilines is 3. The molecule has 2 unspecified atom stereocenters. The normalized spacial score (nSPS) is 12.6. The van der Waals surface area contributed by atoms with Crippen molar-refractivity contribution >= 4 is 46.0 Å². The van der Waals surface area contributed by atoms with Crippen LogP contribution in [0.1, 0.15) is 24.2 Å². The Hall–Kier alpha value is -3.53. The number of ether oxygens (including phenoxy) is 1. The van der Waals surface area contributed by atoms with Crippen LogP contribution in [0.25, 0.3) is 11.0 Å². The van der Waals surface area contributed by atoms with E-state index in [1.165, 1.54) is 6.34 Å². The van der Waals surface area contributed by atoms with Crippen molar-refractivity contribution in [3.63, 3.8) is 0 Å². The van der Waals surface area contributed by atoms with Crippen LogP contribution in [0.2, 0.25) is 0 Å². The molecule has 0 saturated carbocycles. The molecule has 0 fully saturated rings. The van der Waals surface area contributed by atoms with Gasteiger partial charge in [-0.15, -0.1) is 0 Å². The molecule has 0 aliphatic rings. The molecule has 0 saturated heterocycles. The van der Waals surface area contributed by atoms with Crippen molar-refractivity contribution in [1.29, 1.82) is 10.7 Å². The number of nitrogens with zero attached hydrogens (tertiary/aromatic N) is 4. The van der Waals surface area contributed by atoms with E-state index < -0.39 is 11.2 Å². The number of rotatable bonds is 12. The number of hydrogen-bond donors (Lipinski definition) is 5. The summed E-state index contributed by atoms with van der Waals surface area (Å²) < 4.78 is 17.3. The summed E-state index contributed by atoms with van der Waals surface area (Å²) in [5.74, 6) is 1.86. The van der Waals surface area contributed by atoms with E-state index in [1.807, 2.05) is 39.2 Å². The molecule has 12 heteroatoms. The Morgan fingerprint density at radius 2 is 2.21 bits per heavy atom. The van der Waals surface area contributed by atoms with Gasteiger partial charge >= 0.3 is 0 Å². The van der Waals surface area contributed by atoms with Crippen LogP contribution >= 0.6 is 0 Å². The lowest BCUT2D eigenvalue weighted by Gasteiger charge is -2.26. The highest BCUT2D eigenvalue weighted by atomic mass is 32.2. The molecule has 0 radical (unpaired) electrons. The van der Waals surface area contributed by atoms with Crippen molar-refractivity contribution in [2.75, 3.05) is 49.9 Å². The molecule has 0 amide bonds. The number of aromatic amines is 1. The largest absolute Gasteiger partial charge is 0.617 e. The molecule has 0 aliphatic carbocycles. The SMILES string of the molecule is CCOc1cc(C(NC)N(C)C=N)ccc1Nc1nc(NCC[S+](C)[O-])c2c(C#N)c[nH]c2n1. The van der Waals surface area contributed by atoms with Crippen molar-refractivity contribution in [2.24, 2.45) is 0 Å². The fraction of sp³-hybridized carbons (Fsp3) is 0.364. The Balaban J connectivity index is 1.97. The highest BCUT2D eigenvalue weighted by Crippen LogP contribution is 2.32. The molecule has 1 aromatic carbocycles. The first-order valence-corrected chi connectivity index (χ1v) is 12.4. The van der Waals surface area contributed by atoms with Crippen LogP contribution in [0, 0.1) is 16.7 Å². The van der Waals surface area contributed by atoms with E-state index >= 15 is 0 Å². The van der Waals surface area contributed by atoms with Crippen molar-refractivity contribution in [3.05, 3.63) is 35.5 Å². The van der Waals surface area contributed by atoms with Crippen molar-refractivity contribution in [3.8, 4) is 11.8 Å². The van der Waals surface area contributed by atoms with Gasteiger partial charge in [0.05, 0.1) is 42.4 Å². The number of fused-ring (bicyclic) bond motifs is 1. The van der Waals surface area contributed by atoms with E-state index in [0.717, 1.165) is 5.56 Å². The second-order valence-electron chi connectivity index (χ2n) is 7.44. The van der Waals surface area contributed by atoms with Crippen molar-refractivity contribution < 1.29 is 9.29 Å². The first-order chi connectivity index (χ1) is 16.4. The van der Waals surface area contributed by atoms with Gasteiger partial charge in [-0.1, -0.05) is 17.2 Å². The highest BCUT2D eigenvalue weighted by Gasteiger charge is 2.18. The number of H-pyrrole nitrogens is 1. The molecule has 5 N–H and O–H groups in total. The second kappa shape index (κ2) is 11.6. The second-order valence-corrected chi connectivity index (χ2v) is 8.99. The lowest BCUT2D eigenvalue weighted by atomic mass is 10.1. The predicted octanol–water partition coefficient (Wildman–Crippen LogP) is 2.52. The first kappa shape index (κ1) is 25.1. The van der Waals surface area contributed by atoms with Crippen LogP contribution in [0.4, 0.5) is 17.5 Å². The van der Waals surface area contributed by atoms with Crippen LogP contribution in [0.15, 0.2) is 24.4 Å². The number of nitriles is 1. The zero-order valence-corrected chi connectivity index (χ0v) is 20.4. The molecule has 2 heterocycles. The van der Waals surface area contributed by atoms with E-state index in [4.69, 9.17) is 10.1 Å². The van der Waals surface area contributed by atoms with Gasteiger partial charge in [0.1, 0.15) is 35.2 Å². The van der Waals surface area contributed by atoms with E-state index in [2.05, 4.69) is 37.0 Å². The molecule has 2 atom stereocenters. The smallest absolute Gasteiger partial charge is 0.231 e. The van der Waals surface area contributed by atoms with Crippen LogP contribution in [-0.2, 0) is 11.2 Å². The van der Waals surface area contributed by atoms with E-state index in [9.17, 15) is 9.81 Å². The number of aromatic nitrogens is 3. The maximum Gasteiger partial charge on any atom is 0.231 e. The predicted molar refractivity (Wildman–Crippen MR) is 135 cm³/mol. The molecule has 3 rings (SSSR count). The average Bonchev–Trinajstić information content (AvgIpc) is 3.24. The highest BCUT2D eigenvalue weighted by molar-refractivity contribution is 7.90. The van der Waals surface area contributed by atoms with Crippen molar-refractivity contribution in [1.82, 2.24) is 25.2 Å². The third-order valence-electron chi connectivity index (χ3n) is 5.09. The van der Waals surface area contributed by atoms with Gasteiger partial charge in [-0.05, 0) is 31.7 Å². The van der Waals surface area contributed by atoms with Gasteiger partial charge in [0.15, 0.2) is 0 Å². The Labute approximate surface area is 201 Å². The van der Waals surface area contributed by atoms with E-state index in [0.29, 0.717) is 58.7 Å². The summed E-state index contributed by atoms with van der Waals surface area (Å²) in [5.41, 5.74) is 2.53. The lowest BCUT2D eigenvalue weighted by molar-refractivity contribution is 0.327. The summed E-state index contributed by atoms with van der Waals surface area (Å²) in [6.45, 7) is 2.81. The van der Waals surface area contributed by atoms with Gasteiger partial charge in [0.2, 0.25) is 5.95 Å². The third kappa shape index (κ3) is 5.69. The van der Waals surface area contributed by atoms with Crippen LogP contribution in [-0.4, -0.2) is 70.0 Å². The fourth-order valence-electron chi connectivity index (χ4n) is 3.51. The quantitative estimate of drug-likeness (QED) is 0.113. The molecule has 3 aromatic rings. The van der Waals surface area contributed by atoms with Crippen LogP contribution < -0.4 is 20.7 Å². The molecule has 0 bridgehead atoms. The minimum atomic E-state index is -0.958. The number of nitrogens with one attached hydrogen (secondary N) is 5. The molecule has 34 heavy (non-hydrogen) atoms. The standard InChI is InChI=1S/C22H29N9O2S/c1-5-33-17-10-14(21(25-2)31(3)13-24)6-7-16(17)28-22-29-19(26-8-9-34(4)32)18-15(11-23)12-27-20(18)30-22/h6-7,10,12-13,21,24-25H,5,8-9H2,1-4H3,(H3,26,27,28,29,30). The van der Waals surface area contributed by atoms with E-state index in [-0.39, 0.29) is 6.17 Å². The van der Waals surface area contributed by atoms with Gasteiger partial charge in [-0.2, -0.15) is 15.2 Å². The summed E-state index contributed by atoms with van der Waals surface area (Å²) >= 11 is -0.958. The summed E-state index contributed by atoms with van der Waals surface area (Å²) in [7, 11) is 3.65. The summed E-state index contributed by atoms with van der Waals surface area (Å²) in [6, 6.07) is 7.86. The Morgan fingerprint density at radius 1 is 1.41 bits per heavy atom. The zero-order valence-electron chi connectivity index (χ0n) is 19.6. The maximum absolute atomic E-state index is 11.5. The summed E-state index contributed by atoms with van der Waals surface area (Å²) in [6.07, 6.45) is 4.29. The number of hydrogen-bond acceptors (Lipinski definition) is 9. The van der Waals surface area contributed by atoms with Crippen LogP contribution in [0.3, 0.4) is 0 Å². The molecule has 2 aromatic heterocycles. The first-order valence-electron chi connectivity index (χ1n) is 10.7. The molecular weight excluding hydrogens is 454 g/mol. The third-order valence-corrected chi connectivity index (χ3v) is 5.87. The fourth-order valence-corrected chi connectivity index (χ4v) is 3.90. The lowest BCUT2D eigenvalue weighted by Crippen LogP contribution is -2.32. The molecule has 0 aliphatic heterocycles. The minimum absolute atomic E-state index is 0.193. The zero-order chi connectivity index (χ0) is 24.7. The summed E-state index contributed by atoms with van der Waals surface area (Å²) in [5, 5.41) is 27.2.